The quantitative estimate of drug-likeness (QED) is 0.870. The van der Waals surface area contributed by atoms with Gasteiger partial charge in [-0.05, 0) is 37.1 Å². The highest BCUT2D eigenvalue weighted by atomic mass is 19.1. The second-order valence-electron chi connectivity index (χ2n) is 4.45. The van der Waals surface area contributed by atoms with E-state index >= 15 is 0 Å². The zero-order valence-electron chi connectivity index (χ0n) is 10.6. The minimum atomic E-state index is -0.805. The van der Waals surface area contributed by atoms with Crippen molar-refractivity contribution in [2.75, 3.05) is 0 Å². The van der Waals surface area contributed by atoms with E-state index in [0.717, 1.165) is 17.1 Å². The van der Waals surface area contributed by atoms with Crippen molar-refractivity contribution in [2.45, 2.75) is 26.2 Å². The van der Waals surface area contributed by atoms with Gasteiger partial charge in [0, 0.05) is 18.4 Å². The Bertz CT molecular complexity index is 593. The predicted octanol–water partition coefficient (Wildman–Crippen LogP) is 2.93. The molecular formula is C14H15FN2O2. The Morgan fingerprint density at radius 1 is 1.47 bits per heavy atom. The zero-order chi connectivity index (χ0) is 13.8. The number of carboxylic acid groups (broad SMARTS) is 1. The standard InChI is InChI=1S/C14H15FN2O2/c1-9-7-10(5-6-11(9)15)12-8-16-13(17-12)3-2-4-14(18)19/h5-8H,2-4H2,1H3,(H,16,17)(H,18,19). The third kappa shape index (κ3) is 3.40. The van der Waals surface area contributed by atoms with Crippen LogP contribution in [0.15, 0.2) is 24.4 Å². The van der Waals surface area contributed by atoms with Crippen LogP contribution in [-0.4, -0.2) is 21.0 Å². The maximum Gasteiger partial charge on any atom is 0.303 e. The molecule has 0 fully saturated rings. The molecule has 0 saturated heterocycles. The molecule has 1 aromatic carbocycles. The summed E-state index contributed by atoms with van der Waals surface area (Å²) in [4.78, 5) is 17.7. The molecule has 2 N–H and O–H groups in total. The van der Waals surface area contributed by atoms with Gasteiger partial charge in [0.15, 0.2) is 0 Å². The van der Waals surface area contributed by atoms with E-state index in [4.69, 9.17) is 5.11 Å². The Balaban J connectivity index is 2.07. The van der Waals surface area contributed by atoms with Crippen LogP contribution < -0.4 is 0 Å². The lowest BCUT2D eigenvalue weighted by Gasteiger charge is -2.00. The molecule has 2 rings (SSSR count). The second kappa shape index (κ2) is 5.65. The van der Waals surface area contributed by atoms with E-state index in [2.05, 4.69) is 9.97 Å². The van der Waals surface area contributed by atoms with Gasteiger partial charge in [-0.15, -0.1) is 0 Å². The highest BCUT2D eigenvalue weighted by Crippen LogP contribution is 2.20. The monoisotopic (exact) mass is 262 g/mol. The summed E-state index contributed by atoms with van der Waals surface area (Å²) in [6, 6.07) is 4.87. The number of aromatic amines is 1. The fraction of sp³-hybridized carbons (Fsp3) is 0.286. The summed E-state index contributed by atoms with van der Waals surface area (Å²) >= 11 is 0. The predicted molar refractivity (Wildman–Crippen MR) is 69.3 cm³/mol. The molecule has 100 valence electrons. The number of benzene rings is 1. The Labute approximate surface area is 110 Å². The molecule has 5 heteroatoms. The maximum atomic E-state index is 13.2. The van der Waals surface area contributed by atoms with E-state index in [1.54, 1.807) is 25.3 Å². The fourth-order valence-electron chi connectivity index (χ4n) is 1.86. The van der Waals surface area contributed by atoms with E-state index in [-0.39, 0.29) is 12.2 Å². The SMILES string of the molecule is Cc1cc(-c2cnc(CCCC(=O)O)[nH]2)ccc1F. The van der Waals surface area contributed by atoms with Crippen LogP contribution in [0.4, 0.5) is 4.39 Å². The molecule has 0 aliphatic heterocycles. The van der Waals surface area contributed by atoms with Crippen molar-refractivity contribution >= 4 is 5.97 Å². The number of carboxylic acids is 1. The minimum Gasteiger partial charge on any atom is -0.481 e. The van der Waals surface area contributed by atoms with Crippen LogP contribution in [0.3, 0.4) is 0 Å². The molecule has 1 aromatic heterocycles. The summed E-state index contributed by atoms with van der Waals surface area (Å²) in [5.74, 6) is -0.288. The van der Waals surface area contributed by atoms with E-state index in [1.807, 2.05) is 0 Å². The Morgan fingerprint density at radius 3 is 2.95 bits per heavy atom. The molecule has 0 radical (unpaired) electrons. The average molecular weight is 262 g/mol. The van der Waals surface area contributed by atoms with Gasteiger partial charge in [-0.2, -0.15) is 0 Å². The number of hydrogen-bond acceptors (Lipinski definition) is 2. The first-order valence-electron chi connectivity index (χ1n) is 6.08. The number of carbonyl (C=O) groups is 1. The van der Waals surface area contributed by atoms with Crippen molar-refractivity contribution in [1.82, 2.24) is 9.97 Å². The Hall–Kier alpha value is -2.17. The molecule has 0 amide bonds. The molecule has 0 saturated carbocycles. The van der Waals surface area contributed by atoms with Crippen molar-refractivity contribution in [3.05, 3.63) is 41.6 Å². The fourth-order valence-corrected chi connectivity index (χ4v) is 1.86. The smallest absolute Gasteiger partial charge is 0.303 e. The summed E-state index contributed by atoms with van der Waals surface area (Å²) in [6.07, 6.45) is 2.95. The van der Waals surface area contributed by atoms with Crippen LogP contribution >= 0.6 is 0 Å². The van der Waals surface area contributed by atoms with Crippen molar-refractivity contribution < 1.29 is 14.3 Å². The van der Waals surface area contributed by atoms with E-state index in [0.29, 0.717) is 18.4 Å². The number of H-pyrrole nitrogens is 1. The third-order valence-electron chi connectivity index (χ3n) is 2.90. The zero-order valence-corrected chi connectivity index (χ0v) is 10.6. The number of aliphatic carboxylic acids is 1. The van der Waals surface area contributed by atoms with Gasteiger partial charge in [-0.1, -0.05) is 0 Å². The van der Waals surface area contributed by atoms with E-state index < -0.39 is 5.97 Å². The summed E-state index contributed by atoms with van der Waals surface area (Å²) < 4.78 is 13.2. The van der Waals surface area contributed by atoms with E-state index in [9.17, 15) is 9.18 Å². The number of hydrogen-bond donors (Lipinski definition) is 2. The minimum absolute atomic E-state index is 0.131. The van der Waals surface area contributed by atoms with Crippen LogP contribution in [0.1, 0.15) is 24.2 Å². The first-order chi connectivity index (χ1) is 9.06. The lowest BCUT2D eigenvalue weighted by atomic mass is 10.1. The molecule has 0 aliphatic carbocycles. The number of imidazole rings is 1. The second-order valence-corrected chi connectivity index (χ2v) is 4.45. The number of aryl methyl sites for hydroxylation is 2. The van der Waals surface area contributed by atoms with Gasteiger partial charge < -0.3 is 10.1 Å². The first kappa shape index (κ1) is 13.3. The Morgan fingerprint density at radius 2 is 2.26 bits per heavy atom. The number of rotatable bonds is 5. The van der Waals surface area contributed by atoms with Crippen LogP contribution in [0.2, 0.25) is 0 Å². The normalized spacial score (nSPS) is 10.6. The van der Waals surface area contributed by atoms with Crippen molar-refractivity contribution in [3.8, 4) is 11.3 Å². The van der Waals surface area contributed by atoms with Gasteiger partial charge in [0.05, 0.1) is 11.9 Å². The van der Waals surface area contributed by atoms with Gasteiger partial charge in [0.25, 0.3) is 0 Å². The molecule has 0 bridgehead atoms. The highest BCUT2D eigenvalue weighted by Gasteiger charge is 2.06. The lowest BCUT2D eigenvalue weighted by Crippen LogP contribution is -1.96. The molecule has 4 nitrogen and oxygen atoms in total. The van der Waals surface area contributed by atoms with Crippen LogP contribution in [0.5, 0.6) is 0 Å². The van der Waals surface area contributed by atoms with Gasteiger partial charge in [-0.25, -0.2) is 9.37 Å². The number of nitrogens with one attached hydrogen (secondary N) is 1. The first-order valence-corrected chi connectivity index (χ1v) is 6.08. The summed E-state index contributed by atoms with van der Waals surface area (Å²) in [6.45, 7) is 1.71. The molecule has 19 heavy (non-hydrogen) atoms. The maximum absolute atomic E-state index is 13.2. The molecule has 0 aliphatic rings. The lowest BCUT2D eigenvalue weighted by molar-refractivity contribution is -0.137. The molecule has 0 spiro atoms. The highest BCUT2D eigenvalue weighted by molar-refractivity contribution is 5.66. The Kier molecular flexibility index (Phi) is 3.94. The van der Waals surface area contributed by atoms with E-state index in [1.165, 1.54) is 6.07 Å². The number of halogens is 1. The topological polar surface area (TPSA) is 66.0 Å². The number of nitrogens with zero attached hydrogens (tertiary/aromatic N) is 1. The molecule has 1 heterocycles. The van der Waals surface area contributed by atoms with Crippen molar-refractivity contribution in [2.24, 2.45) is 0 Å². The third-order valence-corrected chi connectivity index (χ3v) is 2.90. The summed E-state index contributed by atoms with van der Waals surface area (Å²) in [5.41, 5.74) is 2.27. The van der Waals surface area contributed by atoms with Crippen molar-refractivity contribution in [3.63, 3.8) is 0 Å². The molecule has 0 atom stereocenters. The molecular weight excluding hydrogens is 247 g/mol. The molecule has 2 aromatic rings. The van der Waals surface area contributed by atoms with Gasteiger partial charge in [-0.3, -0.25) is 4.79 Å². The van der Waals surface area contributed by atoms with Crippen LogP contribution in [0.25, 0.3) is 11.3 Å². The van der Waals surface area contributed by atoms with Gasteiger partial charge >= 0.3 is 5.97 Å². The molecule has 0 unspecified atom stereocenters. The van der Waals surface area contributed by atoms with Crippen LogP contribution in [0, 0.1) is 12.7 Å². The van der Waals surface area contributed by atoms with Crippen molar-refractivity contribution in [1.29, 1.82) is 0 Å². The summed E-state index contributed by atoms with van der Waals surface area (Å²) in [7, 11) is 0. The van der Waals surface area contributed by atoms with Gasteiger partial charge in [0.1, 0.15) is 11.6 Å². The summed E-state index contributed by atoms with van der Waals surface area (Å²) in [5, 5.41) is 8.57. The number of aromatic nitrogens is 2. The van der Waals surface area contributed by atoms with Crippen LogP contribution in [-0.2, 0) is 11.2 Å². The largest absolute Gasteiger partial charge is 0.481 e. The van der Waals surface area contributed by atoms with Gasteiger partial charge in [0.2, 0.25) is 0 Å². The average Bonchev–Trinajstić information content (AvgIpc) is 2.81.